The minimum atomic E-state index is -4.84. The molecule has 3 aromatic rings. The van der Waals surface area contributed by atoms with Gasteiger partial charge < -0.3 is 15.1 Å². The van der Waals surface area contributed by atoms with E-state index in [4.69, 9.17) is 4.74 Å². The van der Waals surface area contributed by atoms with Crippen molar-refractivity contribution in [2.24, 2.45) is 0 Å². The van der Waals surface area contributed by atoms with E-state index in [1.807, 2.05) is 0 Å². The normalized spacial score (nSPS) is 15.0. The van der Waals surface area contributed by atoms with Crippen LogP contribution >= 0.6 is 0 Å². The number of hydrogen-bond donors (Lipinski definition) is 2. The van der Waals surface area contributed by atoms with Crippen LogP contribution in [0.5, 0.6) is 0 Å². The third-order valence-electron chi connectivity index (χ3n) is 5.77. The number of nitrogens with one attached hydrogen (secondary N) is 2. The van der Waals surface area contributed by atoms with Gasteiger partial charge >= 0.3 is 12.1 Å². The minimum Gasteiger partial charge on any atom is -0.466 e. The molecule has 2 N–H and O–H groups in total. The quantitative estimate of drug-likeness (QED) is 0.321. The molecule has 38 heavy (non-hydrogen) atoms. The number of nitrogens with zero attached hydrogens (tertiary/aromatic N) is 2. The molecule has 0 aliphatic carbocycles. The summed E-state index contributed by atoms with van der Waals surface area (Å²) in [5, 5.41) is 3.98. The van der Waals surface area contributed by atoms with Gasteiger partial charge in [0.05, 0.1) is 35.9 Å². The summed E-state index contributed by atoms with van der Waals surface area (Å²) in [4.78, 5) is 29.6. The Kier molecular flexibility index (Phi) is 7.77. The van der Waals surface area contributed by atoms with E-state index < -0.39 is 41.0 Å². The Morgan fingerprint density at radius 3 is 2.50 bits per heavy atom. The van der Waals surface area contributed by atoms with Gasteiger partial charge in [-0.15, -0.1) is 0 Å². The summed E-state index contributed by atoms with van der Waals surface area (Å²) >= 11 is 0. The van der Waals surface area contributed by atoms with Crippen LogP contribution in [0.25, 0.3) is 11.1 Å². The second kappa shape index (κ2) is 11.0. The standard InChI is InChI=1S/C27H24F4N4O3/c1-3-38-24(36)13-17-9-10-18(16-7-5-4-6-8-16)25(32-17)33-26(37)20-14-19(23-11-12-35(2)34-23)21(15-22(20)28)27(29,30)31/h4-12,14-15,23,34H,3,13H2,1-2H3,(H,32,33,37). The van der Waals surface area contributed by atoms with Gasteiger partial charge in [0.15, 0.2) is 0 Å². The molecule has 0 fully saturated rings. The zero-order chi connectivity index (χ0) is 27.4. The number of halogens is 4. The van der Waals surface area contributed by atoms with Gasteiger partial charge in [0.1, 0.15) is 11.6 Å². The van der Waals surface area contributed by atoms with E-state index in [2.05, 4.69) is 15.7 Å². The molecular formula is C27H24F4N4O3. The first kappa shape index (κ1) is 26.8. The van der Waals surface area contributed by atoms with Crippen LogP contribution in [0.4, 0.5) is 23.4 Å². The number of benzene rings is 2. The summed E-state index contributed by atoms with van der Waals surface area (Å²) in [5.41, 5.74) is 2.14. The van der Waals surface area contributed by atoms with Crippen molar-refractivity contribution in [1.29, 1.82) is 0 Å². The molecule has 0 bridgehead atoms. The smallest absolute Gasteiger partial charge is 0.416 e. The predicted octanol–water partition coefficient (Wildman–Crippen LogP) is 5.27. The summed E-state index contributed by atoms with van der Waals surface area (Å²) in [6.45, 7) is 1.85. The molecule has 1 aromatic heterocycles. The number of esters is 1. The Labute approximate surface area is 216 Å². The van der Waals surface area contributed by atoms with Gasteiger partial charge in [-0.3, -0.25) is 9.59 Å². The Bertz CT molecular complexity index is 1380. The lowest BCUT2D eigenvalue weighted by molar-refractivity contribution is -0.142. The van der Waals surface area contributed by atoms with Crippen molar-refractivity contribution in [3.63, 3.8) is 0 Å². The lowest BCUT2D eigenvalue weighted by Gasteiger charge is -2.21. The van der Waals surface area contributed by atoms with E-state index in [-0.39, 0.29) is 30.1 Å². The van der Waals surface area contributed by atoms with Gasteiger partial charge in [0, 0.05) is 18.8 Å². The maximum absolute atomic E-state index is 14.9. The van der Waals surface area contributed by atoms with Crippen LogP contribution in [0, 0.1) is 5.82 Å². The predicted molar refractivity (Wildman–Crippen MR) is 132 cm³/mol. The fourth-order valence-electron chi connectivity index (χ4n) is 4.04. The van der Waals surface area contributed by atoms with Gasteiger partial charge in [-0.25, -0.2) is 14.8 Å². The first-order chi connectivity index (χ1) is 18.1. The van der Waals surface area contributed by atoms with Crippen LogP contribution in [0.2, 0.25) is 0 Å². The molecular weight excluding hydrogens is 504 g/mol. The SMILES string of the molecule is CCOC(=O)Cc1ccc(-c2ccccc2)c(NC(=O)c2cc(C3C=CN(C)N3)c(C(F)(F)F)cc2F)n1. The van der Waals surface area contributed by atoms with Crippen LogP contribution in [-0.4, -0.2) is 35.5 Å². The fraction of sp³-hybridized carbons (Fsp3) is 0.222. The number of carbonyl (C=O) groups excluding carboxylic acids is 2. The summed E-state index contributed by atoms with van der Waals surface area (Å²) in [7, 11) is 1.60. The molecule has 1 aliphatic heterocycles. The minimum absolute atomic E-state index is 0.0162. The molecule has 0 spiro atoms. The zero-order valence-electron chi connectivity index (χ0n) is 20.5. The molecule has 0 saturated heterocycles. The number of aromatic nitrogens is 1. The largest absolute Gasteiger partial charge is 0.466 e. The summed E-state index contributed by atoms with van der Waals surface area (Å²) in [5.74, 6) is -2.84. The van der Waals surface area contributed by atoms with Gasteiger partial charge in [-0.1, -0.05) is 30.3 Å². The van der Waals surface area contributed by atoms with Gasteiger partial charge in [-0.05, 0) is 48.4 Å². The third kappa shape index (κ3) is 6.00. The molecule has 0 saturated carbocycles. The molecule has 11 heteroatoms. The van der Waals surface area contributed by atoms with E-state index in [1.165, 1.54) is 17.3 Å². The number of amides is 1. The number of hydrazine groups is 1. The summed E-state index contributed by atoms with van der Waals surface area (Å²) < 4.78 is 61.1. The first-order valence-electron chi connectivity index (χ1n) is 11.7. The monoisotopic (exact) mass is 528 g/mol. The highest BCUT2D eigenvalue weighted by Gasteiger charge is 2.37. The van der Waals surface area contributed by atoms with Gasteiger partial charge in [0.2, 0.25) is 0 Å². The maximum Gasteiger partial charge on any atom is 0.416 e. The van der Waals surface area contributed by atoms with Crippen molar-refractivity contribution in [2.75, 3.05) is 19.0 Å². The average Bonchev–Trinajstić information content (AvgIpc) is 3.30. The van der Waals surface area contributed by atoms with Crippen LogP contribution in [0.15, 0.2) is 66.9 Å². The highest BCUT2D eigenvalue weighted by atomic mass is 19.4. The maximum atomic E-state index is 14.9. The fourth-order valence-corrected chi connectivity index (χ4v) is 4.04. The van der Waals surface area contributed by atoms with Crippen LogP contribution < -0.4 is 10.7 Å². The van der Waals surface area contributed by atoms with E-state index in [9.17, 15) is 27.2 Å². The molecule has 1 unspecified atom stereocenters. The molecule has 1 amide bonds. The lowest BCUT2D eigenvalue weighted by Crippen LogP contribution is -2.29. The van der Waals surface area contributed by atoms with Crippen molar-refractivity contribution >= 4 is 17.7 Å². The first-order valence-corrected chi connectivity index (χ1v) is 11.7. The van der Waals surface area contributed by atoms with E-state index in [0.29, 0.717) is 17.2 Å². The molecule has 7 nitrogen and oxygen atoms in total. The number of rotatable bonds is 7. The number of pyridine rings is 1. The molecule has 1 atom stereocenters. The zero-order valence-corrected chi connectivity index (χ0v) is 20.5. The number of hydrogen-bond acceptors (Lipinski definition) is 6. The second-order valence-electron chi connectivity index (χ2n) is 8.48. The van der Waals surface area contributed by atoms with Crippen molar-refractivity contribution < 1.29 is 31.9 Å². The summed E-state index contributed by atoms with van der Waals surface area (Å²) in [6.07, 6.45) is -2.01. The van der Waals surface area contributed by atoms with Gasteiger partial charge in [-0.2, -0.15) is 13.2 Å². The van der Waals surface area contributed by atoms with Crippen LogP contribution in [0.1, 0.15) is 40.1 Å². The van der Waals surface area contributed by atoms with Crippen LogP contribution in [-0.2, 0) is 22.1 Å². The average molecular weight is 529 g/mol. The van der Waals surface area contributed by atoms with Crippen molar-refractivity contribution in [3.05, 3.63) is 95.1 Å². The van der Waals surface area contributed by atoms with E-state index in [0.717, 1.165) is 6.07 Å². The highest BCUT2D eigenvalue weighted by molar-refractivity contribution is 6.06. The van der Waals surface area contributed by atoms with Crippen molar-refractivity contribution in [3.8, 4) is 11.1 Å². The molecule has 2 heterocycles. The van der Waals surface area contributed by atoms with E-state index in [1.54, 1.807) is 56.4 Å². The topological polar surface area (TPSA) is 83.6 Å². The number of anilines is 1. The molecule has 0 radical (unpaired) electrons. The van der Waals surface area contributed by atoms with Crippen molar-refractivity contribution in [2.45, 2.75) is 25.6 Å². The van der Waals surface area contributed by atoms with Crippen LogP contribution in [0.3, 0.4) is 0 Å². The Hall–Kier alpha value is -4.25. The lowest BCUT2D eigenvalue weighted by atomic mass is 9.96. The molecule has 1 aliphatic rings. The van der Waals surface area contributed by atoms with E-state index >= 15 is 0 Å². The highest BCUT2D eigenvalue weighted by Crippen LogP contribution is 2.38. The number of ether oxygens (including phenoxy) is 1. The number of alkyl halides is 3. The molecule has 4 rings (SSSR count). The summed E-state index contributed by atoms with van der Waals surface area (Å²) in [6, 6.07) is 12.4. The van der Waals surface area contributed by atoms with Gasteiger partial charge in [0.25, 0.3) is 5.91 Å². The Morgan fingerprint density at radius 1 is 1.13 bits per heavy atom. The Morgan fingerprint density at radius 2 is 1.87 bits per heavy atom. The Balaban J connectivity index is 1.74. The van der Waals surface area contributed by atoms with Crippen molar-refractivity contribution in [1.82, 2.24) is 15.4 Å². The third-order valence-corrected chi connectivity index (χ3v) is 5.77. The molecule has 2 aromatic carbocycles. The molecule has 198 valence electrons. The second-order valence-corrected chi connectivity index (χ2v) is 8.48. The number of carbonyl (C=O) groups is 2.